The maximum absolute atomic E-state index is 5.70. The summed E-state index contributed by atoms with van der Waals surface area (Å²) in [7, 11) is 0. The number of anilines is 1. The number of thiazole rings is 1. The molecule has 2 N–H and O–H groups in total. The van der Waals surface area contributed by atoms with E-state index < -0.39 is 0 Å². The molecule has 0 aliphatic rings. The van der Waals surface area contributed by atoms with Gasteiger partial charge in [-0.1, -0.05) is 30.4 Å². The van der Waals surface area contributed by atoms with Gasteiger partial charge < -0.3 is 5.73 Å². The molecule has 1 aromatic carbocycles. The fourth-order valence-corrected chi connectivity index (χ4v) is 3.00. The van der Waals surface area contributed by atoms with E-state index in [9.17, 15) is 0 Å². The van der Waals surface area contributed by atoms with Gasteiger partial charge in [-0.2, -0.15) is 0 Å². The van der Waals surface area contributed by atoms with Crippen LogP contribution in [0.15, 0.2) is 36.7 Å². The van der Waals surface area contributed by atoms with Crippen LogP contribution in [0.2, 0.25) is 0 Å². The van der Waals surface area contributed by atoms with Crippen molar-refractivity contribution < 1.29 is 0 Å². The largest absolute Gasteiger partial charge is 0.399 e. The van der Waals surface area contributed by atoms with Gasteiger partial charge in [0.15, 0.2) is 10.5 Å². The molecule has 5 heteroatoms. The molecule has 0 aliphatic carbocycles. The van der Waals surface area contributed by atoms with E-state index in [1.165, 1.54) is 5.56 Å². The molecule has 0 saturated heterocycles. The van der Waals surface area contributed by atoms with E-state index in [2.05, 4.69) is 34.0 Å². The number of fused-ring (bicyclic) bond motifs is 1. The fraction of sp³-hybridized carbons (Fsp3) is 0.214. The molecule has 0 bridgehead atoms. The monoisotopic (exact) mass is 270 g/mol. The highest BCUT2D eigenvalue weighted by Gasteiger charge is 2.11. The van der Waals surface area contributed by atoms with Crippen LogP contribution < -0.4 is 5.73 Å². The zero-order chi connectivity index (χ0) is 13.2. The van der Waals surface area contributed by atoms with Gasteiger partial charge in [-0.05, 0) is 23.6 Å². The van der Waals surface area contributed by atoms with Gasteiger partial charge in [0.2, 0.25) is 0 Å². The highest BCUT2D eigenvalue weighted by Crippen LogP contribution is 2.25. The molecule has 3 rings (SSSR count). The minimum absolute atomic E-state index is 0.404. The van der Waals surface area contributed by atoms with Gasteiger partial charge in [-0.15, -0.1) is 0 Å². The van der Waals surface area contributed by atoms with E-state index in [1.807, 2.05) is 12.1 Å². The molecule has 1 unspecified atom stereocenters. The molecule has 96 valence electrons. The molecule has 19 heavy (non-hydrogen) atoms. The molecule has 3 aromatic rings. The molecule has 0 amide bonds. The second-order valence-corrected chi connectivity index (χ2v) is 5.63. The number of nitrogens with zero attached hydrogens (tertiary/aromatic N) is 3. The summed E-state index contributed by atoms with van der Waals surface area (Å²) in [4.78, 5) is 13.9. The third-order valence-electron chi connectivity index (χ3n) is 3.08. The van der Waals surface area contributed by atoms with E-state index in [-0.39, 0.29) is 0 Å². The standard InChI is InChI=1S/C14H14N4S/c1-9(10-2-4-11(15)5-3-10)8-12-18-13-14(19-12)17-7-6-16-13/h2-7,9H,8,15H2,1H3. The molecule has 0 aliphatic heterocycles. The first-order chi connectivity index (χ1) is 9.22. The maximum atomic E-state index is 5.70. The molecule has 4 nitrogen and oxygen atoms in total. The Balaban J connectivity index is 1.82. The van der Waals surface area contributed by atoms with Gasteiger partial charge in [-0.25, -0.2) is 15.0 Å². The van der Waals surface area contributed by atoms with Crippen molar-refractivity contribution in [1.29, 1.82) is 0 Å². The number of nitrogens with two attached hydrogens (primary N) is 1. The van der Waals surface area contributed by atoms with Gasteiger partial charge in [0.1, 0.15) is 0 Å². The summed E-state index contributed by atoms with van der Waals surface area (Å²) < 4.78 is 0. The van der Waals surface area contributed by atoms with Crippen molar-refractivity contribution in [3.05, 3.63) is 47.2 Å². The Hall–Kier alpha value is -2.01. The molecule has 0 spiro atoms. The number of hydrogen-bond donors (Lipinski definition) is 1. The highest BCUT2D eigenvalue weighted by molar-refractivity contribution is 7.18. The van der Waals surface area contributed by atoms with E-state index in [0.29, 0.717) is 5.92 Å². The number of hydrogen-bond acceptors (Lipinski definition) is 5. The number of benzene rings is 1. The lowest BCUT2D eigenvalue weighted by molar-refractivity contribution is 0.755. The van der Waals surface area contributed by atoms with E-state index in [0.717, 1.165) is 27.6 Å². The van der Waals surface area contributed by atoms with Gasteiger partial charge in [0, 0.05) is 24.5 Å². The van der Waals surface area contributed by atoms with Crippen molar-refractivity contribution in [3.8, 4) is 0 Å². The summed E-state index contributed by atoms with van der Waals surface area (Å²) in [6.45, 7) is 2.19. The number of nitrogen functional groups attached to an aromatic ring is 1. The minimum atomic E-state index is 0.404. The van der Waals surface area contributed by atoms with Crippen molar-refractivity contribution >= 4 is 27.5 Å². The average molecular weight is 270 g/mol. The van der Waals surface area contributed by atoms with Crippen molar-refractivity contribution in [2.75, 3.05) is 5.73 Å². The zero-order valence-corrected chi connectivity index (χ0v) is 11.4. The smallest absolute Gasteiger partial charge is 0.189 e. The first kappa shape index (κ1) is 12.0. The topological polar surface area (TPSA) is 64.7 Å². The second-order valence-electron chi connectivity index (χ2n) is 4.56. The van der Waals surface area contributed by atoms with Crippen LogP contribution in [0.4, 0.5) is 5.69 Å². The Morgan fingerprint density at radius 2 is 1.89 bits per heavy atom. The predicted octanol–water partition coefficient (Wildman–Crippen LogP) is 3.01. The molecular formula is C14H14N4S. The van der Waals surface area contributed by atoms with E-state index in [1.54, 1.807) is 23.7 Å². The van der Waals surface area contributed by atoms with Crippen LogP contribution >= 0.6 is 11.3 Å². The summed E-state index contributed by atoms with van der Waals surface area (Å²) >= 11 is 1.61. The van der Waals surface area contributed by atoms with Crippen LogP contribution in [0.1, 0.15) is 23.4 Å². The molecule has 2 heterocycles. The van der Waals surface area contributed by atoms with Crippen molar-refractivity contribution in [3.63, 3.8) is 0 Å². The normalized spacial score (nSPS) is 12.7. The average Bonchev–Trinajstić information content (AvgIpc) is 2.81. The lowest BCUT2D eigenvalue weighted by Gasteiger charge is -2.09. The Bertz CT molecular complexity index is 657. The Kier molecular flexibility index (Phi) is 3.13. The third-order valence-corrected chi connectivity index (χ3v) is 4.05. The quantitative estimate of drug-likeness (QED) is 0.743. The van der Waals surface area contributed by atoms with Gasteiger partial charge in [0.25, 0.3) is 0 Å². The van der Waals surface area contributed by atoms with Crippen molar-refractivity contribution in [1.82, 2.24) is 15.0 Å². The summed E-state index contributed by atoms with van der Waals surface area (Å²) in [5.41, 5.74) is 8.51. The summed E-state index contributed by atoms with van der Waals surface area (Å²) in [6, 6.07) is 8.02. The Labute approximate surface area is 115 Å². The first-order valence-electron chi connectivity index (χ1n) is 6.14. The summed E-state index contributed by atoms with van der Waals surface area (Å²) in [5.74, 6) is 0.404. The summed E-state index contributed by atoms with van der Waals surface area (Å²) in [6.07, 6.45) is 4.27. The first-order valence-corrected chi connectivity index (χ1v) is 6.96. The lowest BCUT2D eigenvalue weighted by Crippen LogP contribution is -1.98. The van der Waals surface area contributed by atoms with Crippen LogP contribution in [0.5, 0.6) is 0 Å². The van der Waals surface area contributed by atoms with Gasteiger partial charge >= 0.3 is 0 Å². The zero-order valence-electron chi connectivity index (χ0n) is 10.6. The van der Waals surface area contributed by atoms with Crippen LogP contribution in [-0.4, -0.2) is 15.0 Å². The Morgan fingerprint density at radius 1 is 1.16 bits per heavy atom. The molecule has 0 fully saturated rings. The number of aromatic nitrogens is 3. The molecular weight excluding hydrogens is 256 g/mol. The van der Waals surface area contributed by atoms with Crippen LogP contribution in [0.3, 0.4) is 0 Å². The van der Waals surface area contributed by atoms with Gasteiger partial charge in [0.05, 0.1) is 5.01 Å². The maximum Gasteiger partial charge on any atom is 0.189 e. The SMILES string of the molecule is CC(Cc1nc2nccnc2s1)c1ccc(N)cc1. The van der Waals surface area contributed by atoms with E-state index in [4.69, 9.17) is 5.73 Å². The Morgan fingerprint density at radius 3 is 2.63 bits per heavy atom. The minimum Gasteiger partial charge on any atom is -0.399 e. The third kappa shape index (κ3) is 2.56. The highest BCUT2D eigenvalue weighted by atomic mass is 32.1. The predicted molar refractivity (Wildman–Crippen MR) is 78.2 cm³/mol. The van der Waals surface area contributed by atoms with Crippen LogP contribution in [-0.2, 0) is 6.42 Å². The number of rotatable bonds is 3. The van der Waals surface area contributed by atoms with E-state index >= 15 is 0 Å². The lowest BCUT2D eigenvalue weighted by atomic mass is 9.98. The van der Waals surface area contributed by atoms with Crippen LogP contribution in [0.25, 0.3) is 10.5 Å². The molecule has 2 aromatic heterocycles. The van der Waals surface area contributed by atoms with Crippen molar-refractivity contribution in [2.45, 2.75) is 19.3 Å². The van der Waals surface area contributed by atoms with Crippen LogP contribution in [0, 0.1) is 0 Å². The van der Waals surface area contributed by atoms with Crippen molar-refractivity contribution in [2.24, 2.45) is 0 Å². The fourth-order valence-electron chi connectivity index (χ4n) is 2.01. The van der Waals surface area contributed by atoms with Gasteiger partial charge in [-0.3, -0.25) is 0 Å². The summed E-state index contributed by atoms with van der Waals surface area (Å²) in [5, 5.41) is 1.07. The molecule has 1 atom stereocenters. The second kappa shape index (κ2) is 4.93. The molecule has 0 saturated carbocycles. The molecule has 0 radical (unpaired) electrons.